The summed E-state index contributed by atoms with van der Waals surface area (Å²) in [6.07, 6.45) is 0. The van der Waals surface area contributed by atoms with E-state index in [1.807, 2.05) is 19.9 Å². The van der Waals surface area contributed by atoms with E-state index in [9.17, 15) is 8.78 Å². The van der Waals surface area contributed by atoms with Gasteiger partial charge in [-0.3, -0.25) is 0 Å². The number of rotatable bonds is 2. The molecule has 0 nitrogen and oxygen atoms in total. The van der Waals surface area contributed by atoms with Crippen LogP contribution in [0.3, 0.4) is 0 Å². The Kier molecular flexibility index (Phi) is 2.69. The Bertz CT molecular complexity index is 284. The van der Waals surface area contributed by atoms with Crippen molar-refractivity contribution in [1.29, 1.82) is 0 Å². The molecule has 0 N–H and O–H groups in total. The SMILES string of the molecule is CC(C)c1cccc(C(C)(F)F)c1. The fourth-order valence-corrected chi connectivity index (χ4v) is 1.17. The normalized spacial score (nSPS) is 12.2. The van der Waals surface area contributed by atoms with Gasteiger partial charge in [0.15, 0.2) is 0 Å². The number of halogens is 2. The van der Waals surface area contributed by atoms with Crippen LogP contribution in [-0.2, 0) is 5.92 Å². The third-order valence-corrected chi connectivity index (χ3v) is 2.06. The highest BCUT2D eigenvalue weighted by Crippen LogP contribution is 2.28. The zero-order valence-electron chi connectivity index (χ0n) is 8.14. The van der Waals surface area contributed by atoms with E-state index in [1.54, 1.807) is 12.1 Å². The van der Waals surface area contributed by atoms with Gasteiger partial charge in [-0.05, 0) is 17.5 Å². The summed E-state index contributed by atoms with van der Waals surface area (Å²) in [5.74, 6) is -2.44. The molecule has 0 aromatic heterocycles. The molecule has 0 aliphatic carbocycles. The van der Waals surface area contributed by atoms with Gasteiger partial charge >= 0.3 is 0 Å². The molecule has 0 atom stereocenters. The summed E-state index contributed by atoms with van der Waals surface area (Å²) < 4.78 is 25.8. The van der Waals surface area contributed by atoms with Crippen molar-refractivity contribution < 1.29 is 8.78 Å². The van der Waals surface area contributed by atoms with Crippen molar-refractivity contribution in [3.8, 4) is 0 Å². The standard InChI is InChI=1S/C11H14F2/c1-8(2)9-5-4-6-10(7-9)11(3,12)13/h4-8H,1-3H3. The largest absolute Gasteiger partial charge is 0.270 e. The van der Waals surface area contributed by atoms with Crippen LogP contribution in [0, 0.1) is 0 Å². The molecule has 1 aromatic rings. The highest BCUT2D eigenvalue weighted by Gasteiger charge is 2.24. The predicted octanol–water partition coefficient (Wildman–Crippen LogP) is 3.92. The summed E-state index contributed by atoms with van der Waals surface area (Å²) in [6, 6.07) is 6.60. The number of hydrogen-bond acceptors (Lipinski definition) is 0. The van der Waals surface area contributed by atoms with Gasteiger partial charge in [-0.25, -0.2) is 8.78 Å². The van der Waals surface area contributed by atoms with Crippen LogP contribution in [0.1, 0.15) is 37.8 Å². The quantitative estimate of drug-likeness (QED) is 0.653. The molecule has 72 valence electrons. The minimum atomic E-state index is -2.73. The van der Waals surface area contributed by atoms with Crippen molar-refractivity contribution in [2.24, 2.45) is 0 Å². The lowest BCUT2D eigenvalue weighted by Crippen LogP contribution is -2.07. The van der Waals surface area contributed by atoms with Gasteiger partial charge in [-0.1, -0.05) is 32.0 Å². The lowest BCUT2D eigenvalue weighted by atomic mass is 9.99. The molecule has 0 radical (unpaired) electrons. The van der Waals surface area contributed by atoms with Crippen molar-refractivity contribution in [2.45, 2.75) is 32.6 Å². The molecule has 1 aromatic carbocycles. The van der Waals surface area contributed by atoms with E-state index in [1.165, 1.54) is 6.07 Å². The van der Waals surface area contributed by atoms with Gasteiger partial charge in [0.05, 0.1) is 0 Å². The van der Waals surface area contributed by atoms with Gasteiger partial charge in [0, 0.05) is 12.5 Å². The fraction of sp³-hybridized carbons (Fsp3) is 0.455. The van der Waals surface area contributed by atoms with E-state index in [4.69, 9.17) is 0 Å². The first-order chi connectivity index (χ1) is 5.91. The summed E-state index contributed by atoms with van der Waals surface area (Å²) in [5, 5.41) is 0. The van der Waals surface area contributed by atoms with Crippen LogP contribution in [0.2, 0.25) is 0 Å². The summed E-state index contributed by atoms with van der Waals surface area (Å²) >= 11 is 0. The molecule has 0 saturated heterocycles. The fourth-order valence-electron chi connectivity index (χ4n) is 1.17. The van der Waals surface area contributed by atoms with Gasteiger partial charge < -0.3 is 0 Å². The second-order valence-corrected chi connectivity index (χ2v) is 3.67. The molecule has 0 aliphatic rings. The number of benzene rings is 1. The Balaban J connectivity index is 3.06. The van der Waals surface area contributed by atoms with E-state index in [-0.39, 0.29) is 5.56 Å². The molecule has 2 heteroatoms. The first-order valence-electron chi connectivity index (χ1n) is 4.39. The second kappa shape index (κ2) is 3.44. The molecule has 13 heavy (non-hydrogen) atoms. The molecule has 0 fully saturated rings. The van der Waals surface area contributed by atoms with Gasteiger partial charge in [0.1, 0.15) is 0 Å². The van der Waals surface area contributed by atoms with Crippen LogP contribution >= 0.6 is 0 Å². The highest BCUT2D eigenvalue weighted by molar-refractivity contribution is 5.28. The van der Waals surface area contributed by atoms with E-state index in [0.29, 0.717) is 5.92 Å². The summed E-state index contributed by atoms with van der Waals surface area (Å²) in [6.45, 7) is 4.91. The molecular formula is C11H14F2. The smallest absolute Gasteiger partial charge is 0.202 e. The Labute approximate surface area is 77.6 Å². The molecule has 0 saturated carbocycles. The van der Waals surface area contributed by atoms with Gasteiger partial charge in [0.25, 0.3) is 5.92 Å². The third kappa shape index (κ3) is 2.51. The summed E-state index contributed by atoms with van der Waals surface area (Å²) in [5.41, 5.74) is 1.05. The molecule has 0 amide bonds. The first-order valence-corrected chi connectivity index (χ1v) is 4.39. The lowest BCUT2D eigenvalue weighted by molar-refractivity contribution is 0.0174. The van der Waals surface area contributed by atoms with E-state index < -0.39 is 5.92 Å². The molecule has 0 spiro atoms. The minimum absolute atomic E-state index is 0.0960. The average molecular weight is 184 g/mol. The lowest BCUT2D eigenvalue weighted by Gasteiger charge is -2.13. The highest BCUT2D eigenvalue weighted by atomic mass is 19.3. The van der Waals surface area contributed by atoms with Crippen molar-refractivity contribution in [3.05, 3.63) is 35.4 Å². The Morgan fingerprint density at radius 3 is 2.31 bits per heavy atom. The Hall–Kier alpha value is -0.920. The van der Waals surface area contributed by atoms with Crippen LogP contribution in [0.25, 0.3) is 0 Å². The minimum Gasteiger partial charge on any atom is -0.202 e. The summed E-state index contributed by atoms with van der Waals surface area (Å²) in [4.78, 5) is 0. The molecule has 1 rings (SSSR count). The van der Waals surface area contributed by atoms with Crippen LogP contribution in [0.5, 0.6) is 0 Å². The maximum atomic E-state index is 12.9. The zero-order chi connectivity index (χ0) is 10.1. The zero-order valence-corrected chi connectivity index (χ0v) is 8.14. The maximum Gasteiger partial charge on any atom is 0.270 e. The van der Waals surface area contributed by atoms with E-state index >= 15 is 0 Å². The van der Waals surface area contributed by atoms with Crippen LogP contribution < -0.4 is 0 Å². The second-order valence-electron chi connectivity index (χ2n) is 3.67. The van der Waals surface area contributed by atoms with Crippen LogP contribution in [0.15, 0.2) is 24.3 Å². The summed E-state index contributed by atoms with van der Waals surface area (Å²) in [7, 11) is 0. The van der Waals surface area contributed by atoms with Gasteiger partial charge in [-0.15, -0.1) is 0 Å². The van der Waals surface area contributed by atoms with Crippen molar-refractivity contribution in [3.63, 3.8) is 0 Å². The van der Waals surface area contributed by atoms with Crippen molar-refractivity contribution in [2.75, 3.05) is 0 Å². The van der Waals surface area contributed by atoms with E-state index in [2.05, 4.69) is 0 Å². The molecule has 0 aliphatic heterocycles. The predicted molar refractivity (Wildman–Crippen MR) is 50.1 cm³/mol. The van der Waals surface area contributed by atoms with Crippen molar-refractivity contribution >= 4 is 0 Å². The molecule has 0 heterocycles. The van der Waals surface area contributed by atoms with Gasteiger partial charge in [0.2, 0.25) is 0 Å². The number of alkyl halides is 2. The molecule has 0 bridgehead atoms. The average Bonchev–Trinajstić information content (AvgIpc) is 2.03. The topological polar surface area (TPSA) is 0 Å². The maximum absolute atomic E-state index is 12.9. The Morgan fingerprint density at radius 1 is 1.23 bits per heavy atom. The van der Waals surface area contributed by atoms with Gasteiger partial charge in [-0.2, -0.15) is 0 Å². The monoisotopic (exact) mass is 184 g/mol. The molecule has 0 unspecified atom stereocenters. The van der Waals surface area contributed by atoms with Crippen LogP contribution in [0.4, 0.5) is 8.78 Å². The van der Waals surface area contributed by atoms with Crippen LogP contribution in [-0.4, -0.2) is 0 Å². The third-order valence-electron chi connectivity index (χ3n) is 2.06. The van der Waals surface area contributed by atoms with E-state index in [0.717, 1.165) is 12.5 Å². The first kappa shape index (κ1) is 10.2. The van der Waals surface area contributed by atoms with Crippen molar-refractivity contribution in [1.82, 2.24) is 0 Å². The number of hydrogen-bond donors (Lipinski definition) is 0. The Morgan fingerprint density at radius 2 is 1.85 bits per heavy atom. The molecular weight excluding hydrogens is 170 g/mol.